The van der Waals surface area contributed by atoms with Crippen molar-refractivity contribution in [2.45, 2.75) is 0 Å². The minimum atomic E-state index is -0.258. The zero-order valence-electron chi connectivity index (χ0n) is 12.4. The highest BCUT2D eigenvalue weighted by molar-refractivity contribution is 5.51. The highest BCUT2D eigenvalue weighted by Crippen LogP contribution is 2.04. The number of benzene rings is 1. The largest absolute Gasteiger partial charge is 0.487 e. The van der Waals surface area contributed by atoms with Gasteiger partial charge in [-0.15, -0.1) is 0 Å². The van der Waals surface area contributed by atoms with Crippen molar-refractivity contribution < 1.29 is 4.74 Å². The van der Waals surface area contributed by atoms with E-state index in [-0.39, 0.29) is 16.5 Å². The van der Waals surface area contributed by atoms with E-state index in [1.165, 1.54) is 9.13 Å². The van der Waals surface area contributed by atoms with Gasteiger partial charge in [0.05, 0.1) is 0 Å². The number of hydrogen-bond donors (Lipinski definition) is 0. The average Bonchev–Trinajstić information content (AvgIpc) is 3.05. The molecule has 1 aromatic heterocycles. The highest BCUT2D eigenvalue weighted by atomic mass is 16.5. The van der Waals surface area contributed by atoms with Crippen LogP contribution in [-0.2, 0) is 18.8 Å². The Labute approximate surface area is 126 Å². The molecule has 2 aromatic rings. The molecular formula is C17H16N2O3. The van der Waals surface area contributed by atoms with Gasteiger partial charge in [-0.25, -0.2) is 0 Å². The number of nitrogens with zero attached hydrogens (tertiary/aromatic N) is 2. The van der Waals surface area contributed by atoms with Crippen LogP contribution in [0.15, 0.2) is 52.1 Å². The summed E-state index contributed by atoms with van der Waals surface area (Å²) in [5, 5.41) is 0.608. The maximum absolute atomic E-state index is 12.6. The summed E-state index contributed by atoms with van der Waals surface area (Å²) >= 11 is 0. The Hall–Kier alpha value is -2.82. The maximum atomic E-state index is 12.6. The molecule has 5 nitrogen and oxygen atoms in total. The fourth-order valence-electron chi connectivity index (χ4n) is 2.45. The second-order valence-electron chi connectivity index (χ2n) is 5.09. The number of hydrogen-bond acceptors (Lipinski definition) is 3. The molecule has 0 fully saturated rings. The topological polar surface area (TPSA) is 53.2 Å². The predicted octanol–water partition coefficient (Wildman–Crippen LogP) is -0.393. The van der Waals surface area contributed by atoms with Gasteiger partial charge < -0.3 is 13.9 Å². The molecule has 0 radical (unpaired) electrons. The second kappa shape index (κ2) is 5.52. The summed E-state index contributed by atoms with van der Waals surface area (Å²) < 4.78 is 8.11. The van der Waals surface area contributed by atoms with Gasteiger partial charge >= 0.3 is 0 Å². The summed E-state index contributed by atoms with van der Waals surface area (Å²) in [5.41, 5.74) is 0.371. The van der Waals surface area contributed by atoms with E-state index in [1.54, 1.807) is 26.2 Å². The smallest absolute Gasteiger partial charge is 0.278 e. The molecule has 0 saturated carbocycles. The minimum absolute atomic E-state index is 0.239. The predicted molar refractivity (Wildman–Crippen MR) is 84.7 cm³/mol. The van der Waals surface area contributed by atoms with E-state index in [1.807, 2.05) is 36.4 Å². The van der Waals surface area contributed by atoms with Crippen LogP contribution in [0.1, 0.15) is 5.56 Å². The summed E-state index contributed by atoms with van der Waals surface area (Å²) in [6.07, 6.45) is 5.24. The number of rotatable bonds is 1. The molecule has 0 unspecified atom stereocenters. The van der Waals surface area contributed by atoms with Crippen molar-refractivity contribution in [2.24, 2.45) is 14.1 Å². The van der Waals surface area contributed by atoms with Gasteiger partial charge in [0.2, 0.25) is 0 Å². The Morgan fingerprint density at radius 2 is 1.77 bits per heavy atom. The molecule has 0 N–H and O–H groups in total. The van der Waals surface area contributed by atoms with Crippen LogP contribution in [0.25, 0.3) is 11.8 Å². The molecular weight excluding hydrogens is 280 g/mol. The van der Waals surface area contributed by atoms with E-state index in [2.05, 4.69) is 0 Å². The van der Waals surface area contributed by atoms with Crippen molar-refractivity contribution in [1.82, 2.24) is 9.13 Å². The molecule has 5 heteroatoms. The fourth-order valence-corrected chi connectivity index (χ4v) is 2.45. The molecule has 0 amide bonds. The van der Waals surface area contributed by atoms with Gasteiger partial charge in [-0.3, -0.25) is 9.59 Å². The first-order chi connectivity index (χ1) is 10.6. The molecule has 1 aliphatic rings. The van der Waals surface area contributed by atoms with Gasteiger partial charge in [-0.2, -0.15) is 0 Å². The third kappa shape index (κ3) is 2.30. The minimum Gasteiger partial charge on any atom is -0.487 e. The van der Waals surface area contributed by atoms with Crippen LogP contribution < -0.4 is 21.8 Å². The van der Waals surface area contributed by atoms with E-state index in [0.29, 0.717) is 17.7 Å². The van der Waals surface area contributed by atoms with Crippen LogP contribution in [-0.4, -0.2) is 15.7 Å². The molecule has 2 heterocycles. The summed E-state index contributed by atoms with van der Waals surface area (Å²) in [6.45, 7) is 0.421. The van der Waals surface area contributed by atoms with Crippen molar-refractivity contribution in [3.8, 4) is 0 Å². The van der Waals surface area contributed by atoms with E-state index >= 15 is 0 Å². The summed E-state index contributed by atoms with van der Waals surface area (Å²) in [7, 11) is 3.19. The Kier molecular flexibility index (Phi) is 3.55. The lowest BCUT2D eigenvalue weighted by Gasteiger charge is -2.06. The van der Waals surface area contributed by atoms with Crippen molar-refractivity contribution in [3.05, 3.63) is 79.5 Å². The molecule has 0 saturated heterocycles. The molecule has 0 spiro atoms. The first kappa shape index (κ1) is 14.1. The number of aromatic nitrogens is 2. The monoisotopic (exact) mass is 296 g/mol. The lowest BCUT2D eigenvalue weighted by atomic mass is 10.2. The molecule has 3 rings (SSSR count). The zero-order chi connectivity index (χ0) is 15.7. The third-order valence-electron chi connectivity index (χ3n) is 3.67. The van der Waals surface area contributed by atoms with Gasteiger partial charge in [0, 0.05) is 14.1 Å². The molecule has 1 aromatic carbocycles. The lowest BCUT2D eigenvalue weighted by Crippen LogP contribution is -2.57. The normalized spacial score (nSPS) is 16.9. The van der Waals surface area contributed by atoms with Crippen LogP contribution >= 0.6 is 0 Å². The highest BCUT2D eigenvalue weighted by Gasteiger charge is 2.11. The second-order valence-corrected chi connectivity index (χ2v) is 5.09. The summed E-state index contributed by atoms with van der Waals surface area (Å²) in [4.78, 5) is 25.2. The van der Waals surface area contributed by atoms with E-state index < -0.39 is 0 Å². The number of ether oxygens (including phenoxy) is 1. The van der Waals surface area contributed by atoms with E-state index in [0.717, 1.165) is 5.56 Å². The Bertz CT molecular complexity index is 980. The van der Waals surface area contributed by atoms with Crippen LogP contribution in [0.5, 0.6) is 0 Å². The first-order valence-electron chi connectivity index (χ1n) is 6.96. The average molecular weight is 296 g/mol. The van der Waals surface area contributed by atoms with Gasteiger partial charge in [0.1, 0.15) is 17.7 Å². The van der Waals surface area contributed by atoms with Crippen molar-refractivity contribution >= 4 is 11.8 Å². The molecule has 112 valence electrons. The zero-order valence-corrected chi connectivity index (χ0v) is 12.4. The van der Waals surface area contributed by atoms with Crippen LogP contribution in [0, 0.1) is 0 Å². The fraction of sp³-hybridized carbons (Fsp3) is 0.176. The summed E-state index contributed by atoms with van der Waals surface area (Å²) in [6, 6.07) is 9.44. The van der Waals surface area contributed by atoms with Crippen LogP contribution in [0.4, 0.5) is 0 Å². The molecule has 0 bridgehead atoms. The maximum Gasteiger partial charge on any atom is 0.278 e. The molecule has 0 aliphatic carbocycles. The standard InChI is InChI=1S/C17H16N2O3/c1-18-13(11-12-7-4-3-5-8-12)16(20)19(2)15(17(18)21)14-9-6-10-22-14/h3-9,11H,10H2,1-2H3. The lowest BCUT2D eigenvalue weighted by molar-refractivity contribution is 0.331. The van der Waals surface area contributed by atoms with Crippen molar-refractivity contribution in [2.75, 3.05) is 6.61 Å². The van der Waals surface area contributed by atoms with Crippen LogP contribution in [0.3, 0.4) is 0 Å². The van der Waals surface area contributed by atoms with Gasteiger partial charge in [-0.05, 0) is 23.8 Å². The van der Waals surface area contributed by atoms with Crippen molar-refractivity contribution in [3.63, 3.8) is 0 Å². The molecule has 22 heavy (non-hydrogen) atoms. The van der Waals surface area contributed by atoms with Crippen LogP contribution in [0.2, 0.25) is 0 Å². The quantitative estimate of drug-likeness (QED) is 0.720. The SMILES string of the molecule is Cn1c(=O)c(=C2C=CCO2)n(C)c(=O)c1=Cc1ccccc1. The molecule has 1 aliphatic heterocycles. The van der Waals surface area contributed by atoms with Crippen molar-refractivity contribution in [1.29, 1.82) is 0 Å². The van der Waals surface area contributed by atoms with Gasteiger partial charge in [0.15, 0.2) is 5.35 Å². The first-order valence-corrected chi connectivity index (χ1v) is 6.96. The van der Waals surface area contributed by atoms with Gasteiger partial charge in [-0.1, -0.05) is 30.3 Å². The third-order valence-corrected chi connectivity index (χ3v) is 3.67. The molecule has 0 atom stereocenters. The Morgan fingerprint density at radius 3 is 2.41 bits per heavy atom. The Morgan fingerprint density at radius 1 is 1.05 bits per heavy atom. The van der Waals surface area contributed by atoms with E-state index in [4.69, 9.17) is 4.74 Å². The van der Waals surface area contributed by atoms with E-state index in [9.17, 15) is 9.59 Å². The Balaban J connectivity index is 2.41. The van der Waals surface area contributed by atoms with Gasteiger partial charge in [0.25, 0.3) is 11.1 Å². The summed E-state index contributed by atoms with van der Waals surface area (Å²) in [5.74, 6) is 0.437.